The fraction of sp³-hybridized carbons (Fsp3) is 0.800. The molecule has 5 N–H and O–H groups in total. The van der Waals surface area contributed by atoms with Crippen molar-refractivity contribution in [1.29, 1.82) is 0 Å². The van der Waals surface area contributed by atoms with Crippen LogP contribution in [0.4, 0.5) is 0 Å². The van der Waals surface area contributed by atoms with Gasteiger partial charge in [-0.1, -0.05) is 5.21 Å². The largest absolute Gasteiger partial charge is 0.394 e. The average Bonchev–Trinajstić information content (AvgIpc) is 3.41. The zero-order valence-corrected chi connectivity index (χ0v) is 19.4. The van der Waals surface area contributed by atoms with E-state index in [4.69, 9.17) is 19.3 Å². The van der Waals surface area contributed by atoms with E-state index in [1.54, 1.807) is 17.8 Å². The lowest BCUT2D eigenvalue weighted by atomic mass is 9.96. The summed E-state index contributed by atoms with van der Waals surface area (Å²) in [6.45, 7) is 2.06. The van der Waals surface area contributed by atoms with Gasteiger partial charge < -0.3 is 40.0 Å². The van der Waals surface area contributed by atoms with Crippen molar-refractivity contribution in [2.45, 2.75) is 75.9 Å². The first kappa shape index (κ1) is 26.6. The van der Waals surface area contributed by atoms with Crippen LogP contribution >= 0.6 is 0 Å². The summed E-state index contributed by atoms with van der Waals surface area (Å²) < 4.78 is 18.4. The third kappa shape index (κ3) is 6.14. The Morgan fingerprint density at radius 1 is 1.35 bits per heavy atom. The Morgan fingerprint density at radius 2 is 2.09 bits per heavy atom. The predicted molar refractivity (Wildman–Crippen MR) is 113 cm³/mol. The molecule has 1 amide bonds. The first-order valence-corrected chi connectivity index (χ1v) is 11.0. The molecule has 14 heteroatoms. The van der Waals surface area contributed by atoms with E-state index < -0.39 is 56.1 Å². The van der Waals surface area contributed by atoms with Gasteiger partial charge in [0.15, 0.2) is 12.6 Å². The van der Waals surface area contributed by atoms with Gasteiger partial charge in [0.25, 0.3) is 0 Å². The lowest BCUT2D eigenvalue weighted by Gasteiger charge is -2.44. The van der Waals surface area contributed by atoms with Crippen LogP contribution in [-0.2, 0) is 30.4 Å². The molecule has 0 radical (unpaired) electrons. The van der Waals surface area contributed by atoms with Crippen LogP contribution in [0, 0.1) is 0 Å². The molecule has 2 aliphatic rings. The summed E-state index contributed by atoms with van der Waals surface area (Å²) >= 11 is 0. The summed E-state index contributed by atoms with van der Waals surface area (Å²) in [5.41, 5.74) is 0.457. The number of nitrogens with one attached hydrogen (secondary N) is 1. The second-order valence-electron chi connectivity index (χ2n) is 8.64. The predicted octanol–water partition coefficient (Wildman–Crippen LogP) is -3.09. The lowest BCUT2D eigenvalue weighted by molar-refractivity contribution is -0.300. The number of hydrogen-bond donors (Lipinski definition) is 5. The van der Waals surface area contributed by atoms with Crippen molar-refractivity contribution in [3.63, 3.8) is 0 Å². The Morgan fingerprint density at radius 3 is 2.68 bits per heavy atom. The number of ketones is 1. The highest BCUT2D eigenvalue weighted by molar-refractivity contribution is 5.81. The summed E-state index contributed by atoms with van der Waals surface area (Å²) in [6, 6.07) is -1.26. The Balaban J connectivity index is 1.70. The molecule has 1 aromatic heterocycles. The number of aromatic nitrogens is 3. The molecule has 34 heavy (non-hydrogen) atoms. The van der Waals surface area contributed by atoms with E-state index in [0.717, 1.165) is 0 Å². The number of aliphatic hydroxyl groups is 4. The van der Waals surface area contributed by atoms with E-state index in [-0.39, 0.29) is 24.5 Å². The van der Waals surface area contributed by atoms with Crippen LogP contribution in [0.15, 0.2) is 6.20 Å². The minimum Gasteiger partial charge on any atom is -0.394 e. The molecule has 14 nitrogen and oxygen atoms in total. The van der Waals surface area contributed by atoms with E-state index in [0.29, 0.717) is 18.7 Å². The summed E-state index contributed by atoms with van der Waals surface area (Å²) in [6.07, 6.45) is -4.28. The van der Waals surface area contributed by atoms with Gasteiger partial charge in [-0.2, -0.15) is 0 Å². The van der Waals surface area contributed by atoms with Gasteiger partial charge in [-0.25, -0.2) is 4.68 Å². The van der Waals surface area contributed by atoms with Crippen molar-refractivity contribution >= 4 is 11.7 Å². The maximum Gasteiger partial charge on any atom is 0.217 e. The van der Waals surface area contributed by atoms with Gasteiger partial charge in [0.05, 0.1) is 38.1 Å². The van der Waals surface area contributed by atoms with Crippen LogP contribution in [0.1, 0.15) is 32.0 Å². The summed E-state index contributed by atoms with van der Waals surface area (Å²) in [7, 11) is 1.88. The average molecular weight is 488 g/mol. The monoisotopic (exact) mass is 487 g/mol. The first-order valence-electron chi connectivity index (χ1n) is 11.0. The molecule has 0 spiro atoms. The van der Waals surface area contributed by atoms with Gasteiger partial charge in [-0.3, -0.25) is 14.5 Å². The fourth-order valence-corrected chi connectivity index (χ4v) is 4.35. The lowest BCUT2D eigenvalue weighted by Crippen LogP contribution is -2.66. The normalized spacial score (nSPS) is 33.1. The maximum absolute atomic E-state index is 11.8. The molecule has 0 bridgehead atoms. The Hall–Kier alpha value is -2.04. The van der Waals surface area contributed by atoms with Crippen LogP contribution in [0.25, 0.3) is 0 Å². The highest BCUT2D eigenvalue weighted by Gasteiger charge is 2.47. The van der Waals surface area contributed by atoms with Gasteiger partial charge in [0.1, 0.15) is 35.8 Å². The fourth-order valence-electron chi connectivity index (χ4n) is 4.35. The molecule has 0 aliphatic carbocycles. The molecule has 0 aromatic carbocycles. The first-order chi connectivity index (χ1) is 16.1. The standard InChI is InChI=1S/C20H33N5O9/c1-10(28)14-4-13(6-24(14)3)25-5-12(22-23-25)9-32-20-17(21-11(2)29)19(34-16(30)8-27)18(31)15(7-26)33-20/h5,13-20,26-27,30-31H,4,6-9H2,1-3H3,(H,21,29)/t13-,14+,15?,16+,17?,18?,19?,20?/m1/s1. The molecule has 192 valence electrons. The highest BCUT2D eigenvalue weighted by atomic mass is 16.7. The number of ether oxygens (including phenoxy) is 3. The molecule has 1 aromatic rings. The third-order valence-corrected chi connectivity index (χ3v) is 6.02. The number of rotatable bonds is 10. The number of aliphatic hydroxyl groups excluding tert-OH is 4. The number of likely N-dealkylation sites (tertiary alicyclic amines) is 1. The van der Waals surface area contributed by atoms with Crippen LogP contribution in [0.2, 0.25) is 0 Å². The third-order valence-electron chi connectivity index (χ3n) is 6.02. The van der Waals surface area contributed by atoms with Gasteiger partial charge in [-0.05, 0) is 20.4 Å². The summed E-state index contributed by atoms with van der Waals surface area (Å²) in [5.74, 6) is -0.379. The molecule has 5 unspecified atom stereocenters. The van der Waals surface area contributed by atoms with E-state index in [1.807, 2.05) is 11.9 Å². The van der Waals surface area contributed by atoms with E-state index in [9.17, 15) is 24.9 Å². The smallest absolute Gasteiger partial charge is 0.217 e. The Kier molecular flexibility index (Phi) is 9.06. The van der Waals surface area contributed by atoms with Gasteiger partial charge in [0.2, 0.25) is 5.91 Å². The van der Waals surface area contributed by atoms with Crippen LogP contribution in [0.5, 0.6) is 0 Å². The number of carbonyl (C=O) groups is 2. The number of likely N-dealkylation sites (N-methyl/N-ethyl adjacent to an activating group) is 1. The number of hydrogen-bond acceptors (Lipinski definition) is 12. The molecule has 2 aliphatic heterocycles. The molecule has 3 heterocycles. The van der Waals surface area contributed by atoms with Gasteiger partial charge >= 0.3 is 0 Å². The molecule has 0 saturated carbocycles. The van der Waals surface area contributed by atoms with Gasteiger partial charge in [-0.15, -0.1) is 5.10 Å². The van der Waals surface area contributed by atoms with Gasteiger partial charge in [0, 0.05) is 13.5 Å². The Bertz CT molecular complexity index is 839. The summed E-state index contributed by atoms with van der Waals surface area (Å²) in [4.78, 5) is 25.5. The quantitative estimate of drug-likeness (QED) is 0.210. The zero-order chi connectivity index (χ0) is 25.0. The molecule has 2 saturated heterocycles. The van der Waals surface area contributed by atoms with Crippen molar-refractivity contribution in [3.8, 4) is 0 Å². The molecular weight excluding hydrogens is 454 g/mol. The van der Waals surface area contributed by atoms with Crippen LogP contribution < -0.4 is 5.32 Å². The van der Waals surface area contributed by atoms with E-state index in [1.165, 1.54) is 6.92 Å². The molecular formula is C20H33N5O9. The minimum atomic E-state index is -1.63. The van der Waals surface area contributed by atoms with E-state index >= 15 is 0 Å². The zero-order valence-electron chi connectivity index (χ0n) is 19.4. The van der Waals surface area contributed by atoms with Crippen molar-refractivity contribution < 1.29 is 44.2 Å². The number of carbonyl (C=O) groups excluding carboxylic acids is 2. The van der Waals surface area contributed by atoms with Crippen molar-refractivity contribution in [2.24, 2.45) is 0 Å². The number of nitrogens with zero attached hydrogens (tertiary/aromatic N) is 4. The minimum absolute atomic E-state index is 0.0233. The molecule has 3 rings (SSSR count). The second kappa shape index (κ2) is 11.6. The van der Waals surface area contributed by atoms with Crippen LogP contribution in [0.3, 0.4) is 0 Å². The number of Topliss-reactive ketones (excluding diaryl/α,β-unsaturated/α-hetero) is 1. The van der Waals surface area contributed by atoms with Crippen molar-refractivity contribution in [1.82, 2.24) is 25.2 Å². The molecule has 8 atom stereocenters. The van der Waals surface area contributed by atoms with Crippen molar-refractivity contribution in [2.75, 3.05) is 26.8 Å². The second-order valence-corrected chi connectivity index (χ2v) is 8.64. The SMILES string of the molecule is CC(=O)NC1C(OCc2cn([C@@H]3C[C@@H](C(C)=O)N(C)C3)nn2)OC(CO)C(O)C1O[C@H](O)CO. The van der Waals surface area contributed by atoms with Crippen molar-refractivity contribution in [3.05, 3.63) is 11.9 Å². The topological polar surface area (TPSA) is 189 Å². The maximum atomic E-state index is 11.8. The van der Waals surface area contributed by atoms with Crippen LogP contribution in [-0.4, -0.2) is 122 Å². The summed E-state index contributed by atoms with van der Waals surface area (Å²) in [5, 5.41) is 49.8. The van der Waals surface area contributed by atoms with E-state index in [2.05, 4.69) is 15.6 Å². The highest BCUT2D eigenvalue weighted by Crippen LogP contribution is 2.28. The number of amides is 1. The Labute approximate surface area is 196 Å². The molecule has 2 fully saturated rings.